The molecule has 15 heavy (non-hydrogen) atoms. The highest BCUT2D eigenvalue weighted by molar-refractivity contribution is 7.87. The van der Waals surface area contributed by atoms with Gasteiger partial charge in [-0.15, -0.1) is 12.6 Å². The summed E-state index contributed by atoms with van der Waals surface area (Å²) >= 11 is 3.44. The number of hydrogen-bond acceptors (Lipinski definition) is 3. The average molecular weight is 258 g/mol. The van der Waals surface area contributed by atoms with Crippen molar-refractivity contribution in [2.24, 2.45) is 0 Å². The molecule has 1 aromatic carbocycles. The Balaban J connectivity index is 3.51. The molecule has 0 aliphatic rings. The van der Waals surface area contributed by atoms with Crippen molar-refractivity contribution in [2.75, 3.05) is 0 Å². The van der Waals surface area contributed by atoms with Crippen molar-refractivity contribution < 1.29 is 26.1 Å². The lowest BCUT2D eigenvalue weighted by Gasteiger charge is -2.11. The van der Waals surface area contributed by atoms with Crippen molar-refractivity contribution >= 4 is 22.7 Å². The molecule has 0 atom stereocenters. The van der Waals surface area contributed by atoms with E-state index in [9.17, 15) is 21.6 Å². The van der Waals surface area contributed by atoms with Gasteiger partial charge in [-0.05, 0) is 12.1 Å². The van der Waals surface area contributed by atoms with E-state index in [0.29, 0.717) is 6.07 Å². The number of benzene rings is 1. The lowest BCUT2D eigenvalue weighted by atomic mass is 10.2. The topological polar surface area (TPSA) is 54.4 Å². The largest absolute Gasteiger partial charge is 0.417 e. The number of thiol groups is 1. The molecule has 0 heterocycles. The van der Waals surface area contributed by atoms with Gasteiger partial charge >= 0.3 is 6.18 Å². The maximum absolute atomic E-state index is 12.3. The van der Waals surface area contributed by atoms with Crippen molar-refractivity contribution in [3.63, 3.8) is 0 Å². The number of alkyl halides is 3. The molecule has 1 N–H and O–H groups in total. The van der Waals surface area contributed by atoms with Crippen LogP contribution in [-0.2, 0) is 16.3 Å². The molecule has 84 valence electrons. The monoisotopic (exact) mass is 258 g/mol. The van der Waals surface area contributed by atoms with E-state index in [4.69, 9.17) is 4.55 Å². The van der Waals surface area contributed by atoms with Gasteiger partial charge in [-0.25, -0.2) is 0 Å². The smallest absolute Gasteiger partial charge is 0.282 e. The van der Waals surface area contributed by atoms with E-state index in [1.165, 1.54) is 0 Å². The van der Waals surface area contributed by atoms with E-state index in [1.807, 2.05) is 0 Å². The summed E-state index contributed by atoms with van der Waals surface area (Å²) in [6.07, 6.45) is -4.71. The lowest BCUT2D eigenvalue weighted by molar-refractivity contribution is -0.140. The molecule has 8 heteroatoms. The van der Waals surface area contributed by atoms with Crippen LogP contribution >= 0.6 is 12.6 Å². The van der Waals surface area contributed by atoms with Crippen LogP contribution in [0.5, 0.6) is 0 Å². The Morgan fingerprint density at radius 1 is 1.27 bits per heavy atom. The van der Waals surface area contributed by atoms with Gasteiger partial charge < -0.3 is 0 Å². The van der Waals surface area contributed by atoms with E-state index in [-0.39, 0.29) is 0 Å². The first-order chi connectivity index (χ1) is 6.64. The second-order valence-corrected chi connectivity index (χ2v) is 4.46. The Bertz CT molecular complexity index is 479. The van der Waals surface area contributed by atoms with E-state index in [2.05, 4.69) is 12.6 Å². The highest BCUT2D eigenvalue weighted by Gasteiger charge is 2.34. The average Bonchev–Trinajstić information content (AvgIpc) is 1.99. The zero-order valence-corrected chi connectivity index (χ0v) is 8.70. The first-order valence-electron chi connectivity index (χ1n) is 3.50. The van der Waals surface area contributed by atoms with Crippen LogP contribution < -0.4 is 0 Å². The number of hydrogen-bond donors (Lipinski definition) is 2. The molecular weight excluding hydrogens is 253 g/mol. The van der Waals surface area contributed by atoms with Gasteiger partial charge in [-0.3, -0.25) is 4.55 Å². The zero-order valence-electron chi connectivity index (χ0n) is 6.99. The minimum absolute atomic E-state index is 0.678. The normalized spacial score (nSPS) is 12.9. The molecule has 0 aromatic heterocycles. The summed E-state index contributed by atoms with van der Waals surface area (Å²) < 4.78 is 66.8. The molecule has 0 fully saturated rings. The Hall–Kier alpha value is -0.730. The van der Waals surface area contributed by atoms with Crippen LogP contribution in [0.15, 0.2) is 28.0 Å². The molecular formula is C7H5F3O3S2. The van der Waals surface area contributed by atoms with Gasteiger partial charge in [0, 0.05) is 4.90 Å². The van der Waals surface area contributed by atoms with Crippen molar-refractivity contribution in [1.29, 1.82) is 0 Å². The van der Waals surface area contributed by atoms with Crippen LogP contribution in [0.4, 0.5) is 13.2 Å². The van der Waals surface area contributed by atoms with Gasteiger partial charge in [-0.1, -0.05) is 6.07 Å². The predicted octanol–water partition coefficient (Wildman–Crippen LogP) is 2.24. The molecule has 0 saturated heterocycles. The minimum Gasteiger partial charge on any atom is -0.282 e. The maximum Gasteiger partial charge on any atom is 0.417 e. The Labute approximate surface area is 89.1 Å². The Morgan fingerprint density at radius 3 is 2.20 bits per heavy atom. The summed E-state index contributed by atoms with van der Waals surface area (Å²) in [7, 11) is -4.69. The van der Waals surface area contributed by atoms with Crippen LogP contribution in [0.3, 0.4) is 0 Å². The molecule has 3 nitrogen and oxygen atoms in total. The van der Waals surface area contributed by atoms with Gasteiger partial charge in [0.05, 0.1) is 5.56 Å². The van der Waals surface area contributed by atoms with Gasteiger partial charge in [0.2, 0.25) is 0 Å². The maximum atomic E-state index is 12.3. The third kappa shape index (κ3) is 2.64. The fourth-order valence-corrected chi connectivity index (χ4v) is 2.19. The summed E-state index contributed by atoms with van der Waals surface area (Å²) in [6.45, 7) is 0. The molecule has 1 rings (SSSR count). The summed E-state index contributed by atoms with van der Waals surface area (Å²) in [5, 5.41) is 0. The summed E-state index contributed by atoms with van der Waals surface area (Å²) in [5.41, 5.74) is -1.21. The second-order valence-electron chi connectivity index (χ2n) is 2.63. The third-order valence-corrected chi connectivity index (χ3v) is 3.11. The van der Waals surface area contributed by atoms with Crippen LogP contribution in [0.1, 0.15) is 5.56 Å². The molecule has 0 spiro atoms. The Kier molecular flexibility index (Phi) is 3.04. The predicted molar refractivity (Wildman–Crippen MR) is 48.5 cm³/mol. The van der Waals surface area contributed by atoms with Crippen molar-refractivity contribution in [3.8, 4) is 0 Å². The minimum atomic E-state index is -4.71. The molecule has 0 aliphatic heterocycles. The van der Waals surface area contributed by atoms with Crippen LogP contribution in [0, 0.1) is 0 Å². The van der Waals surface area contributed by atoms with Crippen LogP contribution in [0.25, 0.3) is 0 Å². The summed E-state index contributed by atoms with van der Waals surface area (Å²) in [6, 6.07) is 2.40. The van der Waals surface area contributed by atoms with E-state index >= 15 is 0 Å². The highest BCUT2D eigenvalue weighted by Crippen LogP contribution is 2.36. The number of halogens is 3. The van der Waals surface area contributed by atoms with E-state index < -0.39 is 31.6 Å². The number of rotatable bonds is 1. The van der Waals surface area contributed by atoms with Crippen molar-refractivity contribution in [2.45, 2.75) is 16.0 Å². The first-order valence-corrected chi connectivity index (χ1v) is 5.39. The SMILES string of the molecule is O=S(=O)(O)c1cccc(C(F)(F)F)c1S. The molecule has 0 radical (unpaired) electrons. The second kappa shape index (κ2) is 3.69. The Morgan fingerprint density at radius 2 is 1.80 bits per heavy atom. The van der Waals surface area contributed by atoms with Gasteiger partial charge in [0.1, 0.15) is 4.90 Å². The molecule has 0 unspecified atom stereocenters. The van der Waals surface area contributed by atoms with E-state index in [1.54, 1.807) is 0 Å². The van der Waals surface area contributed by atoms with Gasteiger partial charge in [0.25, 0.3) is 10.1 Å². The summed E-state index contributed by atoms with van der Waals surface area (Å²) in [5.74, 6) is 0. The van der Waals surface area contributed by atoms with Gasteiger partial charge in [-0.2, -0.15) is 21.6 Å². The lowest BCUT2D eigenvalue weighted by Crippen LogP contribution is -2.09. The summed E-state index contributed by atoms with van der Waals surface area (Å²) in [4.78, 5) is -1.67. The third-order valence-electron chi connectivity index (χ3n) is 1.58. The fourth-order valence-electron chi connectivity index (χ4n) is 0.959. The quantitative estimate of drug-likeness (QED) is 0.600. The van der Waals surface area contributed by atoms with Crippen LogP contribution in [-0.4, -0.2) is 13.0 Å². The zero-order chi connectivity index (χ0) is 11.9. The molecule has 0 amide bonds. The molecule has 0 aliphatic carbocycles. The molecule has 1 aromatic rings. The van der Waals surface area contributed by atoms with Crippen molar-refractivity contribution in [1.82, 2.24) is 0 Å². The standard InChI is InChI=1S/C7H5F3O3S2/c8-7(9,10)4-2-1-3-5(6(4)14)15(11,12)13/h1-3,14H,(H,11,12,13). The highest BCUT2D eigenvalue weighted by atomic mass is 32.2. The van der Waals surface area contributed by atoms with Crippen LogP contribution in [0.2, 0.25) is 0 Å². The molecule has 0 bridgehead atoms. The fraction of sp³-hybridized carbons (Fsp3) is 0.143. The van der Waals surface area contributed by atoms with Crippen molar-refractivity contribution in [3.05, 3.63) is 23.8 Å². The molecule has 0 saturated carbocycles. The first kappa shape index (κ1) is 12.3. The van der Waals surface area contributed by atoms with E-state index in [0.717, 1.165) is 12.1 Å². The van der Waals surface area contributed by atoms with Gasteiger partial charge in [0.15, 0.2) is 0 Å².